The molecule has 2 aromatic heterocycles. The Morgan fingerprint density at radius 2 is 1.49 bits per heavy atom. The van der Waals surface area contributed by atoms with Crippen molar-refractivity contribution in [2.45, 2.75) is 0 Å². The number of benzene rings is 3. The molecule has 3 aromatic carbocycles. The number of carbonyl (C=O) groups excluding carboxylic acids is 3. The molecule has 0 atom stereocenters. The van der Waals surface area contributed by atoms with E-state index >= 15 is 0 Å². The number of para-hydroxylation sites is 1. The summed E-state index contributed by atoms with van der Waals surface area (Å²) in [5, 5.41) is 1.66. The molecular formula is C35H31N3O9. The van der Waals surface area contributed by atoms with Crippen LogP contribution < -0.4 is 15.0 Å². The third-order valence-corrected chi connectivity index (χ3v) is 8.15. The Bertz CT molecular complexity index is 2120. The van der Waals surface area contributed by atoms with Crippen LogP contribution in [-0.2, 0) is 14.2 Å². The number of amides is 1. The van der Waals surface area contributed by atoms with Crippen LogP contribution in [0.1, 0.15) is 31.1 Å². The maximum Gasteiger partial charge on any atom is 0.339 e. The average Bonchev–Trinajstić information content (AvgIpc) is 3.12. The maximum atomic E-state index is 13.8. The van der Waals surface area contributed by atoms with Gasteiger partial charge in [-0.15, -0.1) is 0 Å². The number of aromatic nitrogens is 2. The molecule has 3 heterocycles. The third-order valence-electron chi connectivity index (χ3n) is 8.15. The first-order valence-electron chi connectivity index (χ1n) is 14.7. The van der Waals surface area contributed by atoms with E-state index in [1.807, 2.05) is 0 Å². The highest BCUT2D eigenvalue weighted by Crippen LogP contribution is 2.41. The molecule has 0 spiro atoms. The number of rotatable bonds is 7. The van der Waals surface area contributed by atoms with Crippen molar-refractivity contribution in [2.75, 3.05) is 54.7 Å². The van der Waals surface area contributed by atoms with Crippen molar-refractivity contribution >= 4 is 39.5 Å². The topological polar surface area (TPSA) is 135 Å². The summed E-state index contributed by atoms with van der Waals surface area (Å²) in [6.45, 7) is 1.71. The minimum absolute atomic E-state index is 0.0268. The summed E-state index contributed by atoms with van der Waals surface area (Å²) >= 11 is 0. The fourth-order valence-corrected chi connectivity index (χ4v) is 5.94. The quantitative estimate of drug-likeness (QED) is 0.238. The molecule has 0 N–H and O–H groups in total. The molecule has 240 valence electrons. The van der Waals surface area contributed by atoms with Crippen molar-refractivity contribution in [3.05, 3.63) is 93.9 Å². The highest BCUT2D eigenvalue weighted by atomic mass is 16.5. The van der Waals surface area contributed by atoms with Crippen LogP contribution in [0.25, 0.3) is 38.6 Å². The van der Waals surface area contributed by atoms with Crippen LogP contribution in [0.4, 0.5) is 0 Å². The number of hydrogen-bond acceptors (Lipinski definition) is 10. The van der Waals surface area contributed by atoms with Gasteiger partial charge >= 0.3 is 11.9 Å². The Morgan fingerprint density at radius 3 is 2.19 bits per heavy atom. The van der Waals surface area contributed by atoms with Crippen molar-refractivity contribution in [3.8, 4) is 28.4 Å². The molecule has 0 unspecified atom stereocenters. The smallest absolute Gasteiger partial charge is 0.339 e. The number of pyridine rings is 2. The van der Waals surface area contributed by atoms with E-state index in [4.69, 9.17) is 23.7 Å². The van der Waals surface area contributed by atoms with E-state index in [-0.39, 0.29) is 28.4 Å². The van der Waals surface area contributed by atoms with Crippen molar-refractivity contribution in [3.63, 3.8) is 0 Å². The molecule has 47 heavy (non-hydrogen) atoms. The number of esters is 2. The second-order valence-corrected chi connectivity index (χ2v) is 10.6. The Morgan fingerprint density at radius 1 is 0.787 bits per heavy atom. The summed E-state index contributed by atoms with van der Waals surface area (Å²) in [5.74, 6) is -0.757. The van der Waals surface area contributed by atoms with Crippen LogP contribution >= 0.6 is 0 Å². The molecule has 0 bridgehead atoms. The normalized spacial score (nSPS) is 13.0. The van der Waals surface area contributed by atoms with Gasteiger partial charge in [-0.05, 0) is 52.7 Å². The average molecular weight is 638 g/mol. The van der Waals surface area contributed by atoms with E-state index in [0.717, 1.165) is 0 Å². The van der Waals surface area contributed by atoms with Crippen LogP contribution in [0.3, 0.4) is 0 Å². The summed E-state index contributed by atoms with van der Waals surface area (Å²) in [5.41, 5.74) is 0.983. The van der Waals surface area contributed by atoms with Crippen LogP contribution in [0.5, 0.6) is 11.5 Å². The molecule has 6 rings (SSSR count). The first-order chi connectivity index (χ1) is 22.8. The fraction of sp³-hybridized carbons (Fsp3) is 0.229. The number of methoxy groups -OCH3 is 4. The predicted molar refractivity (Wildman–Crippen MR) is 173 cm³/mol. The molecule has 1 amide bonds. The summed E-state index contributed by atoms with van der Waals surface area (Å²) < 4.78 is 28.1. The summed E-state index contributed by atoms with van der Waals surface area (Å²) in [7, 11) is 5.42. The highest BCUT2D eigenvalue weighted by Gasteiger charge is 2.28. The Hall–Kier alpha value is -5.75. The number of morpholine rings is 1. The minimum Gasteiger partial charge on any atom is -0.493 e. The zero-order chi connectivity index (χ0) is 33.2. The van der Waals surface area contributed by atoms with Crippen molar-refractivity contribution in [2.24, 2.45) is 0 Å². The lowest BCUT2D eigenvalue weighted by atomic mass is 9.89. The minimum atomic E-state index is -0.774. The first kappa shape index (κ1) is 31.2. The predicted octanol–water partition coefficient (Wildman–Crippen LogP) is 4.27. The summed E-state index contributed by atoms with van der Waals surface area (Å²) in [4.78, 5) is 60.0. The fourth-order valence-electron chi connectivity index (χ4n) is 5.94. The van der Waals surface area contributed by atoms with Gasteiger partial charge in [-0.2, -0.15) is 0 Å². The zero-order valence-corrected chi connectivity index (χ0v) is 26.2. The van der Waals surface area contributed by atoms with E-state index in [1.54, 1.807) is 53.4 Å². The second kappa shape index (κ2) is 12.9. The molecule has 0 saturated carbocycles. The van der Waals surface area contributed by atoms with Crippen molar-refractivity contribution in [1.82, 2.24) is 14.5 Å². The molecular weight excluding hydrogens is 606 g/mol. The van der Waals surface area contributed by atoms with Gasteiger partial charge in [-0.25, -0.2) is 14.6 Å². The number of fused-ring (bicyclic) bond motifs is 2. The van der Waals surface area contributed by atoms with Crippen molar-refractivity contribution < 1.29 is 38.1 Å². The lowest BCUT2D eigenvalue weighted by Gasteiger charge is -2.27. The lowest BCUT2D eigenvalue weighted by Crippen LogP contribution is -2.41. The van der Waals surface area contributed by atoms with Gasteiger partial charge in [-0.3, -0.25) is 14.2 Å². The Labute approximate surface area is 269 Å². The molecule has 1 saturated heterocycles. The Kier molecular flexibility index (Phi) is 8.59. The lowest BCUT2D eigenvalue weighted by molar-refractivity contribution is 0.0304. The largest absolute Gasteiger partial charge is 0.493 e. The van der Waals surface area contributed by atoms with Crippen LogP contribution in [0.15, 0.2) is 71.7 Å². The van der Waals surface area contributed by atoms with Gasteiger partial charge in [0.25, 0.3) is 11.5 Å². The molecule has 0 radical (unpaired) electrons. The van der Waals surface area contributed by atoms with E-state index in [2.05, 4.69) is 4.98 Å². The first-order valence-corrected chi connectivity index (χ1v) is 14.7. The second-order valence-electron chi connectivity index (χ2n) is 10.6. The van der Waals surface area contributed by atoms with Crippen LogP contribution in [0, 0.1) is 0 Å². The van der Waals surface area contributed by atoms with Crippen LogP contribution in [0.2, 0.25) is 0 Å². The van der Waals surface area contributed by atoms with Gasteiger partial charge in [0.15, 0.2) is 11.5 Å². The molecule has 1 fully saturated rings. The van der Waals surface area contributed by atoms with Gasteiger partial charge in [-0.1, -0.05) is 18.2 Å². The molecule has 0 aliphatic carbocycles. The monoisotopic (exact) mass is 637 g/mol. The number of nitrogens with zero attached hydrogens (tertiary/aromatic N) is 3. The van der Waals surface area contributed by atoms with Gasteiger partial charge in [0.2, 0.25) is 0 Å². The Balaban J connectivity index is 1.62. The van der Waals surface area contributed by atoms with Crippen LogP contribution in [-0.4, -0.2) is 87.0 Å². The maximum absolute atomic E-state index is 13.8. The van der Waals surface area contributed by atoms with E-state index in [1.165, 1.54) is 51.3 Å². The van der Waals surface area contributed by atoms with Crippen molar-refractivity contribution in [1.29, 1.82) is 0 Å². The molecule has 1 aliphatic heterocycles. The van der Waals surface area contributed by atoms with E-state index in [9.17, 15) is 19.2 Å². The number of ether oxygens (including phenoxy) is 5. The van der Waals surface area contributed by atoms with E-state index < -0.39 is 17.5 Å². The number of carbonyl (C=O) groups is 3. The molecule has 12 nitrogen and oxygen atoms in total. The van der Waals surface area contributed by atoms with Gasteiger partial charge in [0.05, 0.1) is 63.9 Å². The highest BCUT2D eigenvalue weighted by molar-refractivity contribution is 6.16. The third kappa shape index (κ3) is 5.52. The standard InChI is InChI=1S/C35H31N3O9/c1-43-27-16-21-15-25(34(41)45-3)32(35(42)46-4)31(23(21)18-28(27)44-2)20-9-10-36-29(17-20)38-26-8-6-5-7-22(26)24(19-30(38)39)33(40)37-11-13-47-14-12-37/h5-10,15-19H,11-14H2,1-4H3. The summed E-state index contributed by atoms with van der Waals surface area (Å²) in [6.07, 6.45) is 1.50. The van der Waals surface area contributed by atoms with Gasteiger partial charge in [0, 0.05) is 36.3 Å². The zero-order valence-electron chi connectivity index (χ0n) is 26.2. The molecule has 5 aromatic rings. The number of hydrogen-bond donors (Lipinski definition) is 0. The summed E-state index contributed by atoms with van der Waals surface area (Å²) in [6, 6.07) is 16.6. The van der Waals surface area contributed by atoms with Gasteiger partial charge in [0.1, 0.15) is 5.82 Å². The SMILES string of the molecule is COC(=O)c1cc2cc(OC)c(OC)cc2c(-c2ccnc(-n3c(=O)cc(C(=O)N4CCOCC4)c4ccccc43)c2)c1C(=O)OC. The van der Waals surface area contributed by atoms with Gasteiger partial charge < -0.3 is 28.6 Å². The molecule has 12 heteroatoms. The van der Waals surface area contributed by atoms with E-state index in [0.29, 0.717) is 70.6 Å². The molecule has 1 aliphatic rings.